The summed E-state index contributed by atoms with van der Waals surface area (Å²) in [6.07, 6.45) is 5.50. The molecule has 1 N–H and O–H groups in total. The molecule has 5 heteroatoms. The van der Waals surface area contributed by atoms with Gasteiger partial charge in [-0.25, -0.2) is 0 Å². The van der Waals surface area contributed by atoms with Crippen LogP contribution in [0.4, 0.5) is 5.69 Å². The minimum absolute atomic E-state index is 0.203. The molecule has 0 aliphatic heterocycles. The molecule has 3 atom stereocenters. The molecular formula is C17H20INO3. The molecule has 2 aliphatic carbocycles. The Morgan fingerprint density at radius 1 is 1.18 bits per heavy atom. The highest BCUT2D eigenvalue weighted by molar-refractivity contribution is 14.1. The quantitative estimate of drug-likeness (QED) is 0.593. The number of esters is 1. The number of ether oxygens (including phenoxy) is 1. The average molecular weight is 413 g/mol. The summed E-state index contributed by atoms with van der Waals surface area (Å²) in [5.74, 6) is 1.48. The van der Waals surface area contributed by atoms with Crippen LogP contribution in [0.3, 0.4) is 0 Å². The molecule has 3 rings (SSSR count). The standard InChI is InChI=1S/C17H20INO3/c18-14-3-5-15(6-4-14)19-16(20)10-22-17(21)9-13-8-11-1-2-12(13)7-11/h3-6,11-13H,1-2,7-10H2,(H,19,20)/t11-,12-,13+/m1/s1. The molecule has 2 bridgehead atoms. The Labute approximate surface area is 144 Å². The second-order valence-corrected chi connectivity index (χ2v) is 7.60. The van der Waals surface area contributed by atoms with E-state index in [1.807, 2.05) is 24.3 Å². The molecule has 1 amide bonds. The van der Waals surface area contributed by atoms with Gasteiger partial charge in [-0.15, -0.1) is 0 Å². The van der Waals surface area contributed by atoms with Crippen molar-refractivity contribution in [1.82, 2.24) is 0 Å². The predicted molar refractivity (Wildman–Crippen MR) is 92.3 cm³/mol. The first kappa shape index (κ1) is 15.8. The van der Waals surface area contributed by atoms with E-state index in [2.05, 4.69) is 27.9 Å². The largest absolute Gasteiger partial charge is 0.456 e. The molecule has 0 radical (unpaired) electrons. The SMILES string of the molecule is O=C(COC(=O)C[C@@H]1C[C@@H]2CC[C@@H]1C2)Nc1ccc(I)cc1. The zero-order valence-corrected chi connectivity index (χ0v) is 14.5. The van der Waals surface area contributed by atoms with Crippen molar-refractivity contribution in [2.45, 2.75) is 32.1 Å². The zero-order valence-electron chi connectivity index (χ0n) is 12.4. The monoisotopic (exact) mass is 413 g/mol. The Kier molecular flexibility index (Phi) is 5.00. The second-order valence-electron chi connectivity index (χ2n) is 6.35. The number of hydrogen-bond acceptors (Lipinski definition) is 3. The van der Waals surface area contributed by atoms with E-state index in [1.165, 1.54) is 19.3 Å². The summed E-state index contributed by atoms with van der Waals surface area (Å²) in [7, 11) is 0. The summed E-state index contributed by atoms with van der Waals surface area (Å²) in [6, 6.07) is 7.49. The van der Waals surface area contributed by atoms with Crippen LogP contribution in [0, 0.1) is 21.3 Å². The number of carbonyl (C=O) groups excluding carboxylic acids is 2. The fourth-order valence-corrected chi connectivity index (χ4v) is 4.14. The summed E-state index contributed by atoms with van der Waals surface area (Å²) >= 11 is 2.20. The first-order chi connectivity index (χ1) is 10.6. The van der Waals surface area contributed by atoms with Crippen molar-refractivity contribution >= 4 is 40.2 Å². The third kappa shape index (κ3) is 4.00. The maximum atomic E-state index is 11.9. The minimum atomic E-state index is -0.289. The maximum Gasteiger partial charge on any atom is 0.306 e. The zero-order chi connectivity index (χ0) is 15.5. The predicted octanol–water partition coefficient (Wildman–Crippen LogP) is 3.60. The highest BCUT2D eigenvalue weighted by Crippen LogP contribution is 2.49. The molecule has 118 valence electrons. The number of benzene rings is 1. The van der Waals surface area contributed by atoms with Crippen LogP contribution in [0.5, 0.6) is 0 Å². The van der Waals surface area contributed by atoms with Crippen molar-refractivity contribution in [1.29, 1.82) is 0 Å². The molecule has 1 aromatic rings. The Balaban J connectivity index is 1.39. The molecule has 1 aromatic carbocycles. The molecule has 0 unspecified atom stereocenters. The van der Waals surface area contributed by atoms with Gasteiger partial charge in [0, 0.05) is 15.7 Å². The van der Waals surface area contributed by atoms with Crippen LogP contribution >= 0.6 is 22.6 Å². The van der Waals surface area contributed by atoms with Crippen LogP contribution in [-0.4, -0.2) is 18.5 Å². The number of carbonyl (C=O) groups is 2. The van der Waals surface area contributed by atoms with Crippen LogP contribution in [-0.2, 0) is 14.3 Å². The van der Waals surface area contributed by atoms with Crippen molar-refractivity contribution < 1.29 is 14.3 Å². The lowest BCUT2D eigenvalue weighted by molar-refractivity contribution is -0.148. The van der Waals surface area contributed by atoms with E-state index in [0.717, 1.165) is 21.6 Å². The van der Waals surface area contributed by atoms with Crippen LogP contribution in [0.15, 0.2) is 24.3 Å². The van der Waals surface area contributed by atoms with E-state index in [9.17, 15) is 9.59 Å². The second kappa shape index (κ2) is 6.98. The molecule has 0 heterocycles. The molecule has 2 aliphatic rings. The van der Waals surface area contributed by atoms with Crippen molar-refractivity contribution in [2.75, 3.05) is 11.9 Å². The third-order valence-electron chi connectivity index (χ3n) is 4.81. The van der Waals surface area contributed by atoms with E-state index >= 15 is 0 Å². The average Bonchev–Trinajstić information content (AvgIpc) is 3.10. The van der Waals surface area contributed by atoms with E-state index in [1.54, 1.807) is 0 Å². The summed E-state index contributed by atoms with van der Waals surface area (Å²) in [5, 5.41) is 2.73. The van der Waals surface area contributed by atoms with Gasteiger partial charge in [0.05, 0.1) is 0 Å². The third-order valence-corrected chi connectivity index (χ3v) is 5.52. The van der Waals surface area contributed by atoms with E-state index in [4.69, 9.17) is 4.74 Å². The van der Waals surface area contributed by atoms with Crippen molar-refractivity contribution in [2.24, 2.45) is 17.8 Å². The first-order valence-corrected chi connectivity index (χ1v) is 8.89. The number of hydrogen-bond donors (Lipinski definition) is 1. The topological polar surface area (TPSA) is 55.4 Å². The Hall–Kier alpha value is -1.11. The van der Waals surface area contributed by atoms with Crippen LogP contribution in [0.25, 0.3) is 0 Å². The van der Waals surface area contributed by atoms with Crippen LogP contribution in [0.2, 0.25) is 0 Å². The molecule has 0 aromatic heterocycles. The maximum absolute atomic E-state index is 11.9. The van der Waals surface area contributed by atoms with Crippen molar-refractivity contribution in [3.63, 3.8) is 0 Å². The Morgan fingerprint density at radius 3 is 2.59 bits per heavy atom. The van der Waals surface area contributed by atoms with Gasteiger partial charge in [-0.1, -0.05) is 6.42 Å². The summed E-state index contributed by atoms with van der Waals surface area (Å²) < 4.78 is 6.22. The number of anilines is 1. The summed E-state index contributed by atoms with van der Waals surface area (Å²) in [5.41, 5.74) is 0.717. The van der Waals surface area contributed by atoms with E-state index in [0.29, 0.717) is 18.3 Å². The molecular weight excluding hydrogens is 393 g/mol. The Bertz CT molecular complexity index is 558. The Morgan fingerprint density at radius 2 is 1.95 bits per heavy atom. The highest BCUT2D eigenvalue weighted by atomic mass is 127. The minimum Gasteiger partial charge on any atom is -0.456 e. The van der Waals surface area contributed by atoms with Gasteiger partial charge < -0.3 is 10.1 Å². The molecule has 4 nitrogen and oxygen atoms in total. The van der Waals surface area contributed by atoms with Gasteiger partial charge in [0.25, 0.3) is 5.91 Å². The molecule has 0 spiro atoms. The van der Waals surface area contributed by atoms with Crippen molar-refractivity contribution in [3.8, 4) is 0 Å². The van der Waals surface area contributed by atoms with Crippen LogP contribution in [0.1, 0.15) is 32.1 Å². The first-order valence-electron chi connectivity index (χ1n) is 7.81. The lowest BCUT2D eigenvalue weighted by Gasteiger charge is -2.20. The lowest BCUT2D eigenvalue weighted by Crippen LogP contribution is -2.23. The van der Waals surface area contributed by atoms with Gasteiger partial charge in [-0.05, 0) is 83.9 Å². The van der Waals surface area contributed by atoms with Crippen molar-refractivity contribution in [3.05, 3.63) is 27.8 Å². The molecule has 2 fully saturated rings. The van der Waals surface area contributed by atoms with Gasteiger partial charge in [0.1, 0.15) is 0 Å². The van der Waals surface area contributed by atoms with Gasteiger partial charge in [0.2, 0.25) is 0 Å². The molecule has 0 saturated heterocycles. The summed E-state index contributed by atoms with van der Waals surface area (Å²) in [6.45, 7) is -0.203. The smallest absolute Gasteiger partial charge is 0.306 e. The number of nitrogens with one attached hydrogen (secondary N) is 1. The van der Waals surface area contributed by atoms with Gasteiger partial charge in [-0.3, -0.25) is 9.59 Å². The number of amides is 1. The van der Waals surface area contributed by atoms with E-state index < -0.39 is 0 Å². The normalized spacial score (nSPS) is 26.0. The number of halogens is 1. The van der Waals surface area contributed by atoms with Crippen LogP contribution < -0.4 is 5.32 Å². The van der Waals surface area contributed by atoms with Gasteiger partial charge in [0.15, 0.2) is 6.61 Å². The number of fused-ring (bicyclic) bond motifs is 2. The van der Waals surface area contributed by atoms with Gasteiger partial charge in [-0.2, -0.15) is 0 Å². The molecule has 2 saturated carbocycles. The number of rotatable bonds is 5. The van der Waals surface area contributed by atoms with E-state index in [-0.39, 0.29) is 18.5 Å². The fourth-order valence-electron chi connectivity index (χ4n) is 3.78. The lowest BCUT2D eigenvalue weighted by atomic mass is 9.86. The highest BCUT2D eigenvalue weighted by Gasteiger charge is 2.40. The van der Waals surface area contributed by atoms with Gasteiger partial charge >= 0.3 is 5.97 Å². The molecule has 22 heavy (non-hydrogen) atoms. The summed E-state index contributed by atoms with van der Waals surface area (Å²) in [4.78, 5) is 23.7. The fraction of sp³-hybridized carbons (Fsp3) is 0.529.